The van der Waals surface area contributed by atoms with Gasteiger partial charge in [0.1, 0.15) is 6.29 Å². The van der Waals surface area contributed by atoms with Crippen molar-refractivity contribution in [2.24, 2.45) is 5.92 Å². The SMILES string of the molecule is O=CC1CCN(Cc2ccc(F)c(F)c2)CC1. The molecule has 0 bridgehead atoms. The third kappa shape index (κ3) is 3.09. The van der Waals surface area contributed by atoms with E-state index in [1.165, 1.54) is 6.07 Å². The molecule has 1 aromatic carbocycles. The molecule has 1 aliphatic heterocycles. The molecule has 0 amide bonds. The van der Waals surface area contributed by atoms with Crippen molar-refractivity contribution in [1.29, 1.82) is 0 Å². The van der Waals surface area contributed by atoms with Gasteiger partial charge in [-0.15, -0.1) is 0 Å². The van der Waals surface area contributed by atoms with E-state index < -0.39 is 11.6 Å². The van der Waals surface area contributed by atoms with Crippen LogP contribution in [0.15, 0.2) is 18.2 Å². The summed E-state index contributed by atoms with van der Waals surface area (Å²) in [6, 6.07) is 3.99. The Balaban J connectivity index is 1.93. The Morgan fingerprint density at radius 2 is 1.94 bits per heavy atom. The van der Waals surface area contributed by atoms with Crippen molar-refractivity contribution in [3.63, 3.8) is 0 Å². The number of aldehydes is 1. The number of piperidine rings is 1. The number of likely N-dealkylation sites (tertiary alicyclic amines) is 1. The number of hydrogen-bond acceptors (Lipinski definition) is 2. The molecule has 0 aromatic heterocycles. The molecular weight excluding hydrogens is 224 g/mol. The van der Waals surface area contributed by atoms with Gasteiger partial charge in [-0.25, -0.2) is 8.78 Å². The van der Waals surface area contributed by atoms with Gasteiger partial charge in [-0.2, -0.15) is 0 Å². The molecule has 0 N–H and O–H groups in total. The van der Waals surface area contributed by atoms with Crippen LogP contribution in [0.1, 0.15) is 18.4 Å². The lowest BCUT2D eigenvalue weighted by Crippen LogP contribution is -2.33. The second-order valence-electron chi connectivity index (χ2n) is 4.50. The van der Waals surface area contributed by atoms with Crippen LogP contribution in [-0.4, -0.2) is 24.3 Å². The number of carbonyl (C=O) groups is 1. The number of carbonyl (C=O) groups excluding carboxylic acids is 1. The Labute approximate surface area is 99.2 Å². The maximum absolute atomic E-state index is 13.0. The van der Waals surface area contributed by atoms with E-state index in [1.807, 2.05) is 0 Å². The first-order valence-corrected chi connectivity index (χ1v) is 5.80. The van der Waals surface area contributed by atoms with E-state index in [1.54, 1.807) is 6.07 Å². The lowest BCUT2D eigenvalue weighted by Gasteiger charge is -2.29. The van der Waals surface area contributed by atoms with E-state index in [9.17, 15) is 13.6 Å². The van der Waals surface area contributed by atoms with E-state index in [2.05, 4.69) is 4.90 Å². The standard InChI is InChI=1S/C13H15F2NO/c14-12-2-1-11(7-13(12)15)8-16-5-3-10(9-17)4-6-16/h1-2,7,9-10H,3-6,8H2. The van der Waals surface area contributed by atoms with E-state index in [0.29, 0.717) is 6.54 Å². The second-order valence-corrected chi connectivity index (χ2v) is 4.50. The Hall–Kier alpha value is -1.29. The second kappa shape index (κ2) is 5.36. The van der Waals surface area contributed by atoms with Gasteiger partial charge in [-0.1, -0.05) is 6.07 Å². The van der Waals surface area contributed by atoms with E-state index in [-0.39, 0.29) is 5.92 Å². The minimum absolute atomic E-state index is 0.163. The lowest BCUT2D eigenvalue weighted by molar-refractivity contribution is -0.112. The van der Waals surface area contributed by atoms with Crippen LogP contribution in [0.2, 0.25) is 0 Å². The molecule has 0 spiro atoms. The van der Waals surface area contributed by atoms with Crippen LogP contribution in [-0.2, 0) is 11.3 Å². The first kappa shape index (κ1) is 12.2. The van der Waals surface area contributed by atoms with Crippen LogP contribution in [0.25, 0.3) is 0 Å². The summed E-state index contributed by atoms with van der Waals surface area (Å²) in [6.07, 6.45) is 2.72. The molecule has 0 saturated carbocycles. The van der Waals surface area contributed by atoms with Crippen molar-refractivity contribution >= 4 is 6.29 Å². The van der Waals surface area contributed by atoms with Crippen molar-refractivity contribution in [2.45, 2.75) is 19.4 Å². The molecule has 1 fully saturated rings. The Morgan fingerprint density at radius 1 is 1.24 bits per heavy atom. The molecule has 17 heavy (non-hydrogen) atoms. The summed E-state index contributed by atoms with van der Waals surface area (Å²) in [4.78, 5) is 12.8. The zero-order valence-electron chi connectivity index (χ0n) is 9.53. The summed E-state index contributed by atoms with van der Waals surface area (Å²) < 4.78 is 25.8. The molecule has 1 saturated heterocycles. The molecule has 0 unspecified atom stereocenters. The highest BCUT2D eigenvalue weighted by atomic mass is 19.2. The molecule has 2 rings (SSSR count). The molecule has 1 heterocycles. The maximum atomic E-state index is 13.0. The molecule has 0 radical (unpaired) electrons. The molecule has 0 aliphatic carbocycles. The number of nitrogens with zero attached hydrogens (tertiary/aromatic N) is 1. The Morgan fingerprint density at radius 3 is 2.53 bits per heavy atom. The number of benzene rings is 1. The highest BCUT2D eigenvalue weighted by molar-refractivity contribution is 5.53. The molecule has 0 atom stereocenters. The van der Waals surface area contributed by atoms with Crippen molar-refractivity contribution < 1.29 is 13.6 Å². The van der Waals surface area contributed by atoms with E-state index in [0.717, 1.165) is 43.8 Å². The van der Waals surface area contributed by atoms with Crippen LogP contribution in [0.5, 0.6) is 0 Å². The fourth-order valence-electron chi connectivity index (χ4n) is 2.14. The van der Waals surface area contributed by atoms with Crippen LogP contribution in [0.4, 0.5) is 8.78 Å². The zero-order valence-corrected chi connectivity index (χ0v) is 9.53. The summed E-state index contributed by atoms with van der Waals surface area (Å²) >= 11 is 0. The highest BCUT2D eigenvalue weighted by Gasteiger charge is 2.18. The van der Waals surface area contributed by atoms with Crippen molar-refractivity contribution in [3.8, 4) is 0 Å². The van der Waals surface area contributed by atoms with Crippen molar-refractivity contribution in [2.75, 3.05) is 13.1 Å². The largest absolute Gasteiger partial charge is 0.303 e. The van der Waals surface area contributed by atoms with Crippen LogP contribution in [0.3, 0.4) is 0 Å². The molecule has 1 aliphatic rings. The van der Waals surface area contributed by atoms with Gasteiger partial charge in [-0.3, -0.25) is 4.90 Å². The normalized spacial score (nSPS) is 18.2. The summed E-state index contributed by atoms with van der Waals surface area (Å²) in [6.45, 7) is 2.29. The van der Waals surface area contributed by atoms with Crippen molar-refractivity contribution in [1.82, 2.24) is 4.90 Å². The highest BCUT2D eigenvalue weighted by Crippen LogP contribution is 2.18. The Bertz CT molecular complexity index is 400. The summed E-state index contributed by atoms with van der Waals surface area (Å²) in [5, 5.41) is 0. The van der Waals surface area contributed by atoms with Gasteiger partial charge in [0.2, 0.25) is 0 Å². The quantitative estimate of drug-likeness (QED) is 0.755. The lowest BCUT2D eigenvalue weighted by atomic mass is 9.98. The predicted octanol–water partition coefficient (Wildman–Crippen LogP) is 2.38. The van der Waals surface area contributed by atoms with E-state index in [4.69, 9.17) is 0 Å². The van der Waals surface area contributed by atoms with Gasteiger partial charge < -0.3 is 4.79 Å². The first-order valence-electron chi connectivity index (χ1n) is 5.80. The van der Waals surface area contributed by atoms with Gasteiger partial charge in [0, 0.05) is 12.5 Å². The van der Waals surface area contributed by atoms with Gasteiger partial charge in [0.05, 0.1) is 0 Å². The average molecular weight is 239 g/mol. The molecule has 2 nitrogen and oxygen atoms in total. The maximum Gasteiger partial charge on any atom is 0.159 e. The van der Waals surface area contributed by atoms with Crippen LogP contribution in [0, 0.1) is 17.6 Å². The molecule has 4 heteroatoms. The van der Waals surface area contributed by atoms with Crippen molar-refractivity contribution in [3.05, 3.63) is 35.4 Å². The third-order valence-corrected chi connectivity index (χ3v) is 3.21. The van der Waals surface area contributed by atoms with Gasteiger partial charge in [0.25, 0.3) is 0 Å². The average Bonchev–Trinajstić information content (AvgIpc) is 2.35. The number of hydrogen-bond donors (Lipinski definition) is 0. The van der Waals surface area contributed by atoms with E-state index >= 15 is 0 Å². The van der Waals surface area contributed by atoms with Crippen LogP contribution >= 0.6 is 0 Å². The van der Waals surface area contributed by atoms with Crippen LogP contribution < -0.4 is 0 Å². The van der Waals surface area contributed by atoms with Gasteiger partial charge in [-0.05, 0) is 43.6 Å². The molecule has 92 valence electrons. The summed E-state index contributed by atoms with van der Waals surface area (Å²) in [5.74, 6) is -1.45. The third-order valence-electron chi connectivity index (χ3n) is 3.21. The minimum atomic E-state index is -0.812. The summed E-state index contributed by atoms with van der Waals surface area (Å²) in [7, 11) is 0. The summed E-state index contributed by atoms with van der Waals surface area (Å²) in [5.41, 5.74) is 0.772. The zero-order chi connectivity index (χ0) is 12.3. The molecular formula is C13H15F2NO. The van der Waals surface area contributed by atoms with Gasteiger partial charge in [0.15, 0.2) is 11.6 Å². The topological polar surface area (TPSA) is 20.3 Å². The van der Waals surface area contributed by atoms with Gasteiger partial charge >= 0.3 is 0 Å². The number of rotatable bonds is 3. The minimum Gasteiger partial charge on any atom is -0.303 e. The molecule has 1 aromatic rings. The first-order chi connectivity index (χ1) is 8.19. The fourth-order valence-corrected chi connectivity index (χ4v) is 2.14. The predicted molar refractivity (Wildman–Crippen MR) is 60.4 cm³/mol. The smallest absolute Gasteiger partial charge is 0.159 e. The Kier molecular flexibility index (Phi) is 3.84. The fraction of sp³-hybridized carbons (Fsp3) is 0.462. The monoisotopic (exact) mass is 239 g/mol. The number of halogens is 2.